The summed E-state index contributed by atoms with van der Waals surface area (Å²) < 4.78 is 43.2. The third-order valence-electron chi connectivity index (χ3n) is 7.34. The number of anilines is 2. The fourth-order valence-electron chi connectivity index (χ4n) is 5.10. The van der Waals surface area contributed by atoms with E-state index in [0.29, 0.717) is 23.8 Å². The minimum absolute atomic E-state index is 0.0738. The van der Waals surface area contributed by atoms with Crippen molar-refractivity contribution in [1.82, 2.24) is 29.8 Å². The molecular weight excluding hydrogens is 643 g/mol. The Morgan fingerprint density at radius 2 is 1.87 bits per heavy atom. The number of sulfonamides is 1. The standard InChI is InChI=1S/C31H49N7O5S2Si/c1-21(2)43-30(39)35-23-11-9-22(10-12-23)28-32-18-26(44-28)25-14-13-24(17-27(25)45(40,41)37-31(3,4)5)34-29-36-33-19-38(29)20-42-15-16-46(6,7)8/h13-14,17-19,21-23,37H,9-12,15-16,20H2,1-8H3,(H,34,36)(H,35,39)/t22-,23-. The molecule has 0 bridgehead atoms. The third kappa shape index (κ3) is 10.6. The molecule has 1 saturated carbocycles. The van der Waals surface area contributed by atoms with E-state index in [1.165, 1.54) is 11.3 Å². The molecule has 3 N–H and O–H groups in total. The van der Waals surface area contributed by atoms with Gasteiger partial charge in [0.2, 0.25) is 16.0 Å². The Hall–Kier alpha value is -2.85. The molecule has 1 aromatic carbocycles. The SMILES string of the molecule is CC(C)OC(=O)N[C@H]1CC[C@H](c2ncc(-c3ccc(Nc4nncn4COCC[Si](C)(C)C)cc3S(=O)(=O)NC(C)(C)C)s2)CC1. The van der Waals surface area contributed by atoms with Gasteiger partial charge in [-0.3, -0.25) is 4.57 Å². The van der Waals surface area contributed by atoms with Crippen LogP contribution in [0.25, 0.3) is 10.4 Å². The number of nitrogens with one attached hydrogen (secondary N) is 3. The highest BCUT2D eigenvalue weighted by Gasteiger charge is 2.29. The quantitative estimate of drug-likeness (QED) is 0.132. The minimum Gasteiger partial charge on any atom is -0.447 e. The van der Waals surface area contributed by atoms with Crippen LogP contribution in [0.15, 0.2) is 35.6 Å². The lowest BCUT2D eigenvalue weighted by Crippen LogP contribution is -2.40. The average molecular weight is 692 g/mol. The minimum atomic E-state index is -3.91. The highest BCUT2D eigenvalue weighted by atomic mass is 32.2. The Morgan fingerprint density at radius 1 is 1.15 bits per heavy atom. The number of thiazole rings is 1. The van der Waals surface area contributed by atoms with E-state index in [9.17, 15) is 13.2 Å². The number of carbonyl (C=O) groups is 1. The van der Waals surface area contributed by atoms with Crippen molar-refractivity contribution in [3.05, 3.63) is 35.7 Å². The lowest BCUT2D eigenvalue weighted by atomic mass is 9.86. The van der Waals surface area contributed by atoms with Crippen LogP contribution in [0.5, 0.6) is 0 Å². The maximum Gasteiger partial charge on any atom is 0.407 e. The first kappa shape index (κ1) is 36.0. The fourth-order valence-corrected chi connectivity index (χ4v) is 8.71. The van der Waals surface area contributed by atoms with Crippen molar-refractivity contribution >= 4 is 47.2 Å². The molecule has 1 aliphatic rings. The number of nitrogens with zero attached hydrogens (tertiary/aromatic N) is 4. The molecule has 0 spiro atoms. The van der Waals surface area contributed by atoms with Crippen molar-refractivity contribution in [3.63, 3.8) is 0 Å². The molecule has 2 heterocycles. The summed E-state index contributed by atoms with van der Waals surface area (Å²) in [5.41, 5.74) is 0.454. The first-order valence-corrected chi connectivity index (χ1v) is 21.8. The fraction of sp³-hybridized carbons (Fsp3) is 0.613. The van der Waals surface area contributed by atoms with E-state index in [-0.39, 0.29) is 35.8 Å². The van der Waals surface area contributed by atoms with Crippen LogP contribution in [0, 0.1) is 0 Å². The van der Waals surface area contributed by atoms with Crippen molar-refractivity contribution < 1.29 is 22.7 Å². The van der Waals surface area contributed by atoms with Crippen molar-refractivity contribution in [2.75, 3.05) is 11.9 Å². The first-order chi connectivity index (χ1) is 21.5. The summed E-state index contributed by atoms with van der Waals surface area (Å²) in [5.74, 6) is 0.696. The van der Waals surface area contributed by atoms with Crippen molar-refractivity contribution in [2.45, 2.75) is 121 Å². The molecule has 12 nitrogen and oxygen atoms in total. The topological polar surface area (TPSA) is 149 Å². The van der Waals surface area contributed by atoms with Gasteiger partial charge in [-0.15, -0.1) is 21.5 Å². The molecule has 1 fully saturated rings. The van der Waals surface area contributed by atoms with E-state index in [0.717, 1.165) is 41.6 Å². The van der Waals surface area contributed by atoms with E-state index >= 15 is 0 Å². The molecule has 0 saturated heterocycles. The Morgan fingerprint density at radius 3 is 2.52 bits per heavy atom. The zero-order valence-corrected chi connectivity index (χ0v) is 30.8. The molecule has 254 valence electrons. The predicted molar refractivity (Wildman–Crippen MR) is 185 cm³/mol. The number of rotatable bonds is 13. The van der Waals surface area contributed by atoms with Gasteiger partial charge in [-0.25, -0.2) is 22.9 Å². The maximum atomic E-state index is 13.8. The van der Waals surface area contributed by atoms with Crippen LogP contribution in [0.2, 0.25) is 25.7 Å². The number of ether oxygens (including phenoxy) is 2. The molecule has 3 aromatic rings. The normalized spacial score (nSPS) is 17.7. The Kier molecular flexibility index (Phi) is 11.7. The van der Waals surface area contributed by atoms with Crippen LogP contribution in [0.4, 0.5) is 16.4 Å². The highest BCUT2D eigenvalue weighted by Crippen LogP contribution is 2.40. The number of aromatic nitrogens is 4. The lowest BCUT2D eigenvalue weighted by Gasteiger charge is -2.28. The van der Waals surface area contributed by atoms with Gasteiger partial charge in [-0.2, -0.15) is 0 Å². The van der Waals surface area contributed by atoms with E-state index in [1.54, 1.807) is 23.2 Å². The van der Waals surface area contributed by atoms with Gasteiger partial charge in [0.05, 0.1) is 20.9 Å². The number of carbonyl (C=O) groups excluding carboxylic acids is 1. The molecule has 1 amide bonds. The summed E-state index contributed by atoms with van der Waals surface area (Å²) in [5, 5.41) is 15.4. The van der Waals surface area contributed by atoms with Crippen LogP contribution in [0.1, 0.15) is 71.2 Å². The Bertz CT molecular complexity index is 1570. The van der Waals surface area contributed by atoms with Gasteiger partial charge in [0.15, 0.2) is 0 Å². The summed E-state index contributed by atoms with van der Waals surface area (Å²) in [6, 6.07) is 6.39. The number of hydrogen-bond donors (Lipinski definition) is 3. The molecule has 0 aliphatic heterocycles. The number of alkyl carbamates (subject to hydrolysis) is 1. The summed E-state index contributed by atoms with van der Waals surface area (Å²) in [7, 11) is -5.13. The average Bonchev–Trinajstić information content (AvgIpc) is 3.59. The second-order valence-electron chi connectivity index (χ2n) is 14.4. The zero-order valence-electron chi connectivity index (χ0n) is 28.2. The smallest absolute Gasteiger partial charge is 0.407 e. The molecule has 15 heteroatoms. The molecule has 4 rings (SSSR count). The lowest BCUT2D eigenvalue weighted by molar-refractivity contribution is 0.0883. The van der Waals surface area contributed by atoms with Crippen molar-refractivity contribution in [3.8, 4) is 10.4 Å². The summed E-state index contributed by atoms with van der Waals surface area (Å²) >= 11 is 1.51. The van der Waals surface area contributed by atoms with Crippen molar-refractivity contribution in [2.24, 2.45) is 0 Å². The highest BCUT2D eigenvalue weighted by molar-refractivity contribution is 7.89. The van der Waals surface area contributed by atoms with Crippen LogP contribution in [0.3, 0.4) is 0 Å². The van der Waals surface area contributed by atoms with Crippen LogP contribution >= 0.6 is 11.3 Å². The summed E-state index contributed by atoms with van der Waals surface area (Å²) in [6.45, 7) is 17.0. The van der Waals surface area contributed by atoms with Crippen LogP contribution < -0.4 is 15.4 Å². The van der Waals surface area contributed by atoms with Gasteiger partial charge in [0.1, 0.15) is 13.1 Å². The summed E-state index contributed by atoms with van der Waals surface area (Å²) in [4.78, 5) is 17.7. The van der Waals surface area contributed by atoms with Gasteiger partial charge in [-0.05, 0) is 78.5 Å². The third-order valence-corrected chi connectivity index (χ3v) is 12.0. The molecular formula is C31H49N7O5S2Si. The van der Waals surface area contributed by atoms with Gasteiger partial charge < -0.3 is 20.1 Å². The second-order valence-corrected chi connectivity index (χ2v) is 22.7. The maximum absolute atomic E-state index is 13.8. The van der Waals surface area contributed by atoms with Gasteiger partial charge in [-0.1, -0.05) is 25.7 Å². The Labute approximate surface area is 278 Å². The van der Waals surface area contributed by atoms with E-state index in [4.69, 9.17) is 14.5 Å². The van der Waals surface area contributed by atoms with Gasteiger partial charge in [0, 0.05) is 49.6 Å². The molecule has 0 atom stereocenters. The predicted octanol–water partition coefficient (Wildman–Crippen LogP) is 6.70. The van der Waals surface area contributed by atoms with Crippen LogP contribution in [-0.2, 0) is 26.2 Å². The van der Waals surface area contributed by atoms with Crippen LogP contribution in [-0.4, -0.2) is 66.6 Å². The van der Waals surface area contributed by atoms with Gasteiger partial charge >= 0.3 is 6.09 Å². The largest absolute Gasteiger partial charge is 0.447 e. The van der Waals surface area contributed by atoms with Gasteiger partial charge in [0.25, 0.3) is 0 Å². The Balaban J connectivity index is 1.52. The first-order valence-electron chi connectivity index (χ1n) is 15.8. The number of benzene rings is 1. The van der Waals surface area contributed by atoms with E-state index < -0.39 is 23.6 Å². The second kappa shape index (κ2) is 14.9. The molecule has 0 unspecified atom stereocenters. The number of hydrogen-bond acceptors (Lipinski definition) is 10. The summed E-state index contributed by atoms with van der Waals surface area (Å²) in [6.07, 6.45) is 6.22. The molecule has 0 radical (unpaired) electrons. The van der Waals surface area contributed by atoms with E-state index in [1.807, 2.05) is 46.8 Å². The molecule has 1 aliphatic carbocycles. The molecule has 2 aromatic heterocycles. The zero-order chi connectivity index (χ0) is 33.7. The molecule has 46 heavy (non-hydrogen) atoms. The monoisotopic (exact) mass is 691 g/mol. The van der Waals surface area contributed by atoms with Crippen molar-refractivity contribution in [1.29, 1.82) is 0 Å². The van der Waals surface area contributed by atoms with E-state index in [2.05, 4.69) is 45.2 Å². The number of amides is 1.